The summed E-state index contributed by atoms with van der Waals surface area (Å²) in [5.74, 6) is 1.41. The molecule has 0 saturated heterocycles. The number of ether oxygens (including phenoxy) is 1. The molecule has 0 bridgehead atoms. The van der Waals surface area contributed by atoms with Gasteiger partial charge in [-0.05, 0) is 42.9 Å². The Morgan fingerprint density at radius 3 is 2.67 bits per heavy atom. The zero-order chi connectivity index (χ0) is 17.2. The van der Waals surface area contributed by atoms with Crippen LogP contribution in [0.25, 0.3) is 0 Å². The molecule has 1 aliphatic rings. The van der Waals surface area contributed by atoms with Gasteiger partial charge in [-0.1, -0.05) is 44.2 Å². The minimum atomic E-state index is -0.582. The summed E-state index contributed by atoms with van der Waals surface area (Å²) in [6.45, 7) is 2.73. The van der Waals surface area contributed by atoms with Gasteiger partial charge in [0.1, 0.15) is 5.75 Å². The molecule has 0 aromatic heterocycles. The van der Waals surface area contributed by atoms with Crippen LogP contribution in [0, 0.1) is 5.92 Å². The van der Waals surface area contributed by atoms with Crippen molar-refractivity contribution in [1.29, 1.82) is 0 Å². The van der Waals surface area contributed by atoms with Gasteiger partial charge in [0.05, 0.1) is 12.7 Å². The first kappa shape index (κ1) is 18.8. The molecule has 24 heavy (non-hydrogen) atoms. The molecule has 1 aliphatic carbocycles. The fourth-order valence-corrected chi connectivity index (χ4v) is 3.28. The highest BCUT2D eigenvalue weighted by Crippen LogP contribution is 2.25. The van der Waals surface area contributed by atoms with Crippen LogP contribution >= 0.6 is 0 Å². The van der Waals surface area contributed by atoms with Gasteiger partial charge in [-0.15, -0.1) is 0 Å². The molecule has 0 radical (unpaired) electrons. The Morgan fingerprint density at radius 1 is 1.25 bits per heavy atom. The molecule has 1 atom stereocenters. The SMILES string of the molecule is CC(=O)NCCC(O)c1cccc(OCC2CCCCCCC2)c1. The molecule has 1 fully saturated rings. The summed E-state index contributed by atoms with van der Waals surface area (Å²) >= 11 is 0. The van der Waals surface area contributed by atoms with Crippen LogP contribution in [-0.4, -0.2) is 24.2 Å². The van der Waals surface area contributed by atoms with E-state index in [9.17, 15) is 9.90 Å². The first-order valence-corrected chi connectivity index (χ1v) is 9.30. The van der Waals surface area contributed by atoms with E-state index in [0.717, 1.165) is 17.9 Å². The zero-order valence-corrected chi connectivity index (χ0v) is 14.8. The van der Waals surface area contributed by atoms with Crippen molar-refractivity contribution >= 4 is 5.91 Å². The van der Waals surface area contributed by atoms with Crippen molar-refractivity contribution in [1.82, 2.24) is 5.32 Å². The number of benzene rings is 1. The largest absolute Gasteiger partial charge is 0.493 e. The lowest BCUT2D eigenvalue weighted by atomic mass is 9.92. The highest BCUT2D eigenvalue weighted by molar-refractivity contribution is 5.72. The summed E-state index contributed by atoms with van der Waals surface area (Å²) in [7, 11) is 0. The second-order valence-corrected chi connectivity index (χ2v) is 6.88. The molecule has 0 aliphatic heterocycles. The van der Waals surface area contributed by atoms with Gasteiger partial charge in [-0.25, -0.2) is 0 Å². The molecule has 134 valence electrons. The molecule has 1 amide bonds. The normalized spacial score (nSPS) is 17.6. The Kier molecular flexibility index (Phi) is 8.10. The quantitative estimate of drug-likeness (QED) is 0.793. The molecular formula is C20H31NO3. The van der Waals surface area contributed by atoms with E-state index < -0.39 is 6.10 Å². The Balaban J connectivity index is 1.81. The molecule has 4 nitrogen and oxygen atoms in total. The maximum Gasteiger partial charge on any atom is 0.216 e. The molecule has 2 N–H and O–H groups in total. The maximum atomic E-state index is 10.9. The summed E-state index contributed by atoms with van der Waals surface area (Å²) < 4.78 is 5.99. The number of nitrogens with one attached hydrogen (secondary N) is 1. The van der Waals surface area contributed by atoms with Crippen molar-refractivity contribution in [3.8, 4) is 5.75 Å². The fraction of sp³-hybridized carbons (Fsp3) is 0.650. The molecule has 0 heterocycles. The van der Waals surface area contributed by atoms with Crippen molar-refractivity contribution < 1.29 is 14.6 Å². The van der Waals surface area contributed by atoms with E-state index in [-0.39, 0.29) is 5.91 Å². The maximum absolute atomic E-state index is 10.9. The lowest BCUT2D eigenvalue weighted by Gasteiger charge is -2.20. The van der Waals surface area contributed by atoms with Gasteiger partial charge in [-0.3, -0.25) is 4.79 Å². The second-order valence-electron chi connectivity index (χ2n) is 6.88. The van der Waals surface area contributed by atoms with E-state index in [1.54, 1.807) is 0 Å². The monoisotopic (exact) mass is 333 g/mol. The Hall–Kier alpha value is -1.55. The first-order valence-electron chi connectivity index (χ1n) is 9.30. The number of amides is 1. The Labute approximate surface area is 145 Å². The van der Waals surface area contributed by atoms with Crippen molar-refractivity contribution in [2.45, 2.75) is 64.4 Å². The van der Waals surface area contributed by atoms with E-state index >= 15 is 0 Å². The van der Waals surface area contributed by atoms with Gasteiger partial charge in [-0.2, -0.15) is 0 Å². The average Bonchev–Trinajstić information content (AvgIpc) is 2.53. The highest BCUT2D eigenvalue weighted by atomic mass is 16.5. The van der Waals surface area contributed by atoms with E-state index in [4.69, 9.17) is 4.74 Å². The van der Waals surface area contributed by atoms with Crippen LogP contribution in [0.2, 0.25) is 0 Å². The first-order chi connectivity index (χ1) is 11.6. The van der Waals surface area contributed by atoms with Gasteiger partial charge < -0.3 is 15.2 Å². The fourth-order valence-electron chi connectivity index (χ4n) is 3.28. The van der Waals surface area contributed by atoms with Crippen LogP contribution < -0.4 is 10.1 Å². The van der Waals surface area contributed by atoms with Crippen LogP contribution in [0.4, 0.5) is 0 Å². The van der Waals surface area contributed by atoms with Gasteiger partial charge >= 0.3 is 0 Å². The number of hydrogen-bond acceptors (Lipinski definition) is 3. The van der Waals surface area contributed by atoms with E-state index in [1.807, 2.05) is 24.3 Å². The third kappa shape index (κ3) is 6.91. The van der Waals surface area contributed by atoms with Gasteiger partial charge in [0.25, 0.3) is 0 Å². The zero-order valence-electron chi connectivity index (χ0n) is 14.8. The Morgan fingerprint density at radius 2 is 1.96 bits per heavy atom. The number of aliphatic hydroxyl groups excluding tert-OH is 1. The van der Waals surface area contributed by atoms with Crippen molar-refractivity contribution in [3.05, 3.63) is 29.8 Å². The molecule has 1 aromatic carbocycles. The smallest absolute Gasteiger partial charge is 0.216 e. The van der Waals surface area contributed by atoms with Crippen LogP contribution in [0.3, 0.4) is 0 Å². The summed E-state index contributed by atoms with van der Waals surface area (Å²) in [6, 6.07) is 7.69. The third-order valence-corrected chi connectivity index (χ3v) is 4.75. The lowest BCUT2D eigenvalue weighted by molar-refractivity contribution is -0.119. The molecule has 1 saturated carbocycles. The van der Waals surface area contributed by atoms with Crippen molar-refractivity contribution in [2.75, 3.05) is 13.2 Å². The van der Waals surface area contributed by atoms with Crippen LogP contribution in [0.5, 0.6) is 5.75 Å². The summed E-state index contributed by atoms with van der Waals surface area (Å²) in [6.07, 6.45) is 9.17. The van der Waals surface area contributed by atoms with Gasteiger partial charge in [0, 0.05) is 13.5 Å². The third-order valence-electron chi connectivity index (χ3n) is 4.75. The predicted molar refractivity (Wildman–Crippen MR) is 96.0 cm³/mol. The number of hydrogen-bond donors (Lipinski definition) is 2. The second kappa shape index (κ2) is 10.3. The van der Waals surface area contributed by atoms with Gasteiger partial charge in [0.15, 0.2) is 0 Å². The number of aliphatic hydroxyl groups is 1. The number of carbonyl (C=O) groups excluding carboxylic acids is 1. The van der Waals surface area contributed by atoms with E-state index in [2.05, 4.69) is 5.32 Å². The minimum absolute atomic E-state index is 0.0708. The average molecular weight is 333 g/mol. The van der Waals surface area contributed by atoms with Crippen LogP contribution in [0.15, 0.2) is 24.3 Å². The summed E-state index contributed by atoms with van der Waals surface area (Å²) in [5, 5.41) is 12.9. The molecule has 4 heteroatoms. The predicted octanol–water partition coefficient (Wildman–Crippen LogP) is 3.99. The van der Waals surface area contributed by atoms with Crippen LogP contribution in [0.1, 0.15) is 70.0 Å². The molecule has 1 unspecified atom stereocenters. The van der Waals surface area contributed by atoms with Crippen molar-refractivity contribution in [3.63, 3.8) is 0 Å². The molecule has 2 rings (SSSR count). The minimum Gasteiger partial charge on any atom is -0.493 e. The van der Waals surface area contributed by atoms with Crippen LogP contribution in [-0.2, 0) is 4.79 Å². The number of carbonyl (C=O) groups is 1. The summed E-state index contributed by atoms with van der Waals surface area (Å²) in [4.78, 5) is 10.9. The van der Waals surface area contributed by atoms with Gasteiger partial charge in [0.2, 0.25) is 5.91 Å². The van der Waals surface area contributed by atoms with E-state index in [0.29, 0.717) is 18.9 Å². The lowest BCUT2D eigenvalue weighted by Crippen LogP contribution is -2.22. The molecular weight excluding hydrogens is 302 g/mol. The summed E-state index contributed by atoms with van der Waals surface area (Å²) in [5.41, 5.74) is 0.843. The molecule has 1 aromatic rings. The van der Waals surface area contributed by atoms with Crippen molar-refractivity contribution in [2.24, 2.45) is 5.92 Å². The highest BCUT2D eigenvalue weighted by Gasteiger charge is 2.13. The topological polar surface area (TPSA) is 58.6 Å². The number of rotatable bonds is 7. The molecule has 0 spiro atoms. The standard InChI is InChI=1S/C20H31NO3/c1-16(22)21-13-12-20(23)18-10-7-11-19(14-18)24-15-17-8-5-3-2-4-6-9-17/h7,10-11,14,17,20,23H,2-6,8-9,12-13,15H2,1H3,(H,21,22). The van der Waals surface area contributed by atoms with E-state index in [1.165, 1.54) is 51.9 Å². The Bertz CT molecular complexity index is 495.